The van der Waals surface area contributed by atoms with Crippen LogP contribution >= 0.6 is 24.0 Å². The standard InChI is InChI=1S/C19H21ClN2O.ClH/c1-13(22-19(23)18-7-4-12-21-18)16-5-2-3-6-17(16)14-8-10-15(20)11-9-14;/h2-3,5-6,8-11,13,18,21H,4,7,12H2,1H3,(H,22,23);1H. The summed E-state index contributed by atoms with van der Waals surface area (Å²) in [4.78, 5) is 12.3. The highest BCUT2D eigenvalue weighted by Crippen LogP contribution is 2.29. The van der Waals surface area contributed by atoms with Gasteiger partial charge in [0, 0.05) is 5.02 Å². The zero-order chi connectivity index (χ0) is 16.2. The first-order valence-corrected chi connectivity index (χ1v) is 8.41. The molecule has 2 N–H and O–H groups in total. The van der Waals surface area contributed by atoms with Crippen molar-refractivity contribution < 1.29 is 4.79 Å². The second-order valence-corrected chi connectivity index (χ2v) is 6.41. The maximum absolute atomic E-state index is 12.3. The summed E-state index contributed by atoms with van der Waals surface area (Å²) < 4.78 is 0. The molecule has 0 aliphatic carbocycles. The molecule has 0 aromatic heterocycles. The van der Waals surface area contributed by atoms with E-state index in [1.54, 1.807) is 0 Å². The Kier molecular flexibility index (Phi) is 6.67. The summed E-state index contributed by atoms with van der Waals surface area (Å²) in [6, 6.07) is 15.9. The lowest BCUT2D eigenvalue weighted by molar-refractivity contribution is -0.123. The van der Waals surface area contributed by atoms with Gasteiger partial charge in [0.1, 0.15) is 0 Å². The van der Waals surface area contributed by atoms with Crippen LogP contribution in [0, 0.1) is 0 Å². The van der Waals surface area contributed by atoms with Crippen LogP contribution in [0.1, 0.15) is 31.4 Å². The van der Waals surface area contributed by atoms with E-state index in [0.717, 1.165) is 41.1 Å². The van der Waals surface area contributed by atoms with Gasteiger partial charge in [-0.3, -0.25) is 4.79 Å². The molecule has 128 valence electrons. The maximum atomic E-state index is 12.3. The van der Waals surface area contributed by atoms with E-state index in [4.69, 9.17) is 11.6 Å². The second-order valence-electron chi connectivity index (χ2n) is 5.97. The fourth-order valence-corrected chi connectivity index (χ4v) is 3.19. The highest BCUT2D eigenvalue weighted by atomic mass is 35.5. The highest BCUT2D eigenvalue weighted by molar-refractivity contribution is 6.30. The molecule has 2 atom stereocenters. The largest absolute Gasteiger partial charge is 0.348 e. The van der Waals surface area contributed by atoms with E-state index >= 15 is 0 Å². The summed E-state index contributed by atoms with van der Waals surface area (Å²) in [5.74, 6) is 0.0842. The van der Waals surface area contributed by atoms with Gasteiger partial charge in [0.2, 0.25) is 5.91 Å². The highest BCUT2D eigenvalue weighted by Gasteiger charge is 2.24. The first kappa shape index (κ1) is 18.8. The van der Waals surface area contributed by atoms with Crippen molar-refractivity contribution in [2.75, 3.05) is 6.54 Å². The molecule has 1 fully saturated rings. The van der Waals surface area contributed by atoms with Gasteiger partial charge in [-0.1, -0.05) is 48.0 Å². The number of rotatable bonds is 4. The molecule has 1 amide bonds. The molecule has 0 bridgehead atoms. The minimum atomic E-state index is -0.0554. The van der Waals surface area contributed by atoms with Gasteiger partial charge in [0.25, 0.3) is 0 Å². The van der Waals surface area contributed by atoms with Crippen molar-refractivity contribution in [3.8, 4) is 11.1 Å². The minimum Gasteiger partial charge on any atom is -0.348 e. The number of carbonyl (C=O) groups excluding carboxylic acids is 1. The van der Waals surface area contributed by atoms with Gasteiger partial charge in [-0.25, -0.2) is 0 Å². The normalized spacial score (nSPS) is 17.8. The van der Waals surface area contributed by atoms with Crippen LogP contribution in [0.4, 0.5) is 0 Å². The number of nitrogens with one attached hydrogen (secondary N) is 2. The van der Waals surface area contributed by atoms with Crippen LogP contribution < -0.4 is 10.6 Å². The Morgan fingerprint density at radius 1 is 1.21 bits per heavy atom. The van der Waals surface area contributed by atoms with Crippen LogP contribution in [-0.4, -0.2) is 18.5 Å². The van der Waals surface area contributed by atoms with Crippen molar-refractivity contribution in [1.82, 2.24) is 10.6 Å². The van der Waals surface area contributed by atoms with Crippen LogP contribution in [0.3, 0.4) is 0 Å². The monoisotopic (exact) mass is 364 g/mol. The van der Waals surface area contributed by atoms with Gasteiger partial charge < -0.3 is 10.6 Å². The third kappa shape index (κ3) is 4.29. The Morgan fingerprint density at radius 3 is 2.58 bits per heavy atom. The Morgan fingerprint density at radius 2 is 1.92 bits per heavy atom. The fourth-order valence-electron chi connectivity index (χ4n) is 3.07. The van der Waals surface area contributed by atoms with E-state index in [-0.39, 0.29) is 30.4 Å². The van der Waals surface area contributed by atoms with E-state index < -0.39 is 0 Å². The quantitative estimate of drug-likeness (QED) is 0.845. The molecule has 0 saturated carbocycles. The first-order valence-electron chi connectivity index (χ1n) is 8.04. The van der Waals surface area contributed by atoms with Crippen molar-refractivity contribution in [2.24, 2.45) is 0 Å². The Hall–Kier alpha value is -1.55. The zero-order valence-corrected chi connectivity index (χ0v) is 15.2. The van der Waals surface area contributed by atoms with Crippen molar-refractivity contribution in [3.63, 3.8) is 0 Å². The summed E-state index contributed by atoms with van der Waals surface area (Å²) in [6.07, 6.45) is 1.98. The first-order chi connectivity index (χ1) is 11.1. The summed E-state index contributed by atoms with van der Waals surface area (Å²) in [7, 11) is 0. The molecule has 24 heavy (non-hydrogen) atoms. The maximum Gasteiger partial charge on any atom is 0.237 e. The van der Waals surface area contributed by atoms with Gasteiger partial charge in [-0.2, -0.15) is 0 Å². The molecule has 3 rings (SSSR count). The fraction of sp³-hybridized carbons (Fsp3) is 0.316. The van der Waals surface area contributed by atoms with Crippen LogP contribution in [0.25, 0.3) is 11.1 Å². The molecule has 1 heterocycles. The number of hydrogen-bond acceptors (Lipinski definition) is 2. The Labute approximate surface area is 154 Å². The lowest BCUT2D eigenvalue weighted by Crippen LogP contribution is -2.41. The van der Waals surface area contributed by atoms with Crippen molar-refractivity contribution in [2.45, 2.75) is 31.8 Å². The third-order valence-electron chi connectivity index (χ3n) is 4.32. The van der Waals surface area contributed by atoms with Gasteiger partial charge in [-0.05, 0) is 55.1 Å². The Bertz CT molecular complexity index is 682. The van der Waals surface area contributed by atoms with E-state index in [9.17, 15) is 4.79 Å². The van der Waals surface area contributed by atoms with Crippen molar-refractivity contribution in [1.29, 1.82) is 0 Å². The van der Waals surface area contributed by atoms with Crippen LogP contribution in [0.2, 0.25) is 5.02 Å². The molecule has 5 heteroatoms. The minimum absolute atomic E-state index is 0. The second kappa shape index (κ2) is 8.52. The Balaban J connectivity index is 0.00000208. The lowest BCUT2D eigenvalue weighted by Gasteiger charge is -2.20. The summed E-state index contributed by atoms with van der Waals surface area (Å²) >= 11 is 5.98. The van der Waals surface area contributed by atoms with E-state index in [2.05, 4.69) is 22.8 Å². The summed E-state index contributed by atoms with van der Waals surface area (Å²) in [6.45, 7) is 2.95. The van der Waals surface area contributed by atoms with E-state index in [0.29, 0.717) is 0 Å². The summed E-state index contributed by atoms with van der Waals surface area (Å²) in [5.41, 5.74) is 3.34. The number of halogens is 2. The molecule has 1 aliphatic heterocycles. The van der Waals surface area contributed by atoms with Gasteiger partial charge in [-0.15, -0.1) is 12.4 Å². The van der Waals surface area contributed by atoms with Gasteiger partial charge >= 0.3 is 0 Å². The predicted octanol–water partition coefficient (Wildman–Crippen LogP) is 4.36. The molecular weight excluding hydrogens is 343 g/mol. The molecular formula is C19H22Cl2N2O. The van der Waals surface area contributed by atoms with Crippen molar-refractivity contribution >= 4 is 29.9 Å². The summed E-state index contributed by atoms with van der Waals surface area (Å²) in [5, 5.41) is 7.09. The third-order valence-corrected chi connectivity index (χ3v) is 4.57. The number of hydrogen-bond donors (Lipinski definition) is 2. The number of carbonyl (C=O) groups is 1. The average molecular weight is 365 g/mol. The molecule has 1 aliphatic rings. The van der Waals surface area contributed by atoms with Crippen molar-refractivity contribution in [3.05, 3.63) is 59.1 Å². The number of amides is 1. The van der Waals surface area contributed by atoms with Gasteiger partial charge in [0.05, 0.1) is 12.1 Å². The van der Waals surface area contributed by atoms with Gasteiger partial charge in [0.15, 0.2) is 0 Å². The molecule has 0 spiro atoms. The average Bonchev–Trinajstić information content (AvgIpc) is 3.10. The van der Waals surface area contributed by atoms with E-state index in [1.807, 2.05) is 43.3 Å². The van der Waals surface area contributed by atoms with Crippen LogP contribution in [0.5, 0.6) is 0 Å². The van der Waals surface area contributed by atoms with E-state index in [1.165, 1.54) is 0 Å². The van der Waals surface area contributed by atoms with Crippen LogP contribution in [-0.2, 0) is 4.79 Å². The smallest absolute Gasteiger partial charge is 0.237 e. The molecule has 3 nitrogen and oxygen atoms in total. The molecule has 2 aromatic carbocycles. The molecule has 2 aromatic rings. The molecule has 0 radical (unpaired) electrons. The predicted molar refractivity (Wildman–Crippen MR) is 102 cm³/mol. The molecule has 2 unspecified atom stereocenters. The zero-order valence-electron chi connectivity index (χ0n) is 13.6. The lowest BCUT2D eigenvalue weighted by atomic mass is 9.95. The SMILES string of the molecule is CC(NC(=O)C1CCCN1)c1ccccc1-c1ccc(Cl)cc1.Cl. The molecule has 1 saturated heterocycles. The number of benzene rings is 2. The van der Waals surface area contributed by atoms with Crippen LogP contribution in [0.15, 0.2) is 48.5 Å². The topological polar surface area (TPSA) is 41.1 Å².